The molecule has 1 amide bonds. The van der Waals surface area contributed by atoms with Gasteiger partial charge in [-0.05, 0) is 43.5 Å². The highest BCUT2D eigenvalue weighted by Crippen LogP contribution is 2.25. The van der Waals surface area contributed by atoms with Gasteiger partial charge >= 0.3 is 0 Å². The maximum absolute atomic E-state index is 12.4. The Morgan fingerprint density at radius 3 is 2.50 bits per heavy atom. The van der Waals surface area contributed by atoms with Crippen molar-refractivity contribution >= 4 is 27.9 Å². The number of piperidine rings is 1. The highest BCUT2D eigenvalue weighted by molar-refractivity contribution is 9.10. The number of furan rings is 1. The average molecular weight is 385 g/mol. The predicted octanol–water partition coefficient (Wildman–Crippen LogP) is 4.63. The number of carbonyl (C=O) groups is 1. The molecule has 0 N–H and O–H groups in total. The van der Waals surface area contributed by atoms with Gasteiger partial charge < -0.3 is 9.32 Å². The summed E-state index contributed by atoms with van der Waals surface area (Å²) < 4.78 is 6.76. The molecule has 1 saturated heterocycles. The summed E-state index contributed by atoms with van der Waals surface area (Å²) in [5, 5.41) is 9.33. The van der Waals surface area contributed by atoms with Crippen molar-refractivity contribution < 1.29 is 9.21 Å². The van der Waals surface area contributed by atoms with E-state index in [1.165, 1.54) is 6.08 Å². The number of hydrogen-bond donors (Lipinski definition) is 0. The number of carbonyl (C=O) groups excluding carboxylic acids is 1. The molecule has 5 heteroatoms. The molecule has 4 nitrogen and oxygen atoms in total. The lowest BCUT2D eigenvalue weighted by Gasteiger charge is -2.26. The van der Waals surface area contributed by atoms with Crippen molar-refractivity contribution in [2.24, 2.45) is 0 Å². The summed E-state index contributed by atoms with van der Waals surface area (Å²) in [6, 6.07) is 13.4. The van der Waals surface area contributed by atoms with Crippen molar-refractivity contribution in [3.63, 3.8) is 0 Å². The van der Waals surface area contributed by atoms with E-state index in [9.17, 15) is 10.1 Å². The van der Waals surface area contributed by atoms with E-state index in [1.54, 1.807) is 11.0 Å². The first-order chi connectivity index (χ1) is 11.7. The zero-order chi connectivity index (χ0) is 16.9. The minimum Gasteiger partial charge on any atom is -0.457 e. The Balaban J connectivity index is 1.80. The number of likely N-dealkylation sites (tertiary alicyclic amines) is 1. The highest BCUT2D eigenvalue weighted by atomic mass is 79.9. The van der Waals surface area contributed by atoms with E-state index in [-0.39, 0.29) is 11.5 Å². The lowest BCUT2D eigenvalue weighted by Crippen LogP contribution is -2.36. The van der Waals surface area contributed by atoms with Crippen LogP contribution in [0.3, 0.4) is 0 Å². The van der Waals surface area contributed by atoms with Gasteiger partial charge in [0.25, 0.3) is 5.91 Å². The van der Waals surface area contributed by atoms with E-state index < -0.39 is 0 Å². The third-order valence-corrected chi connectivity index (χ3v) is 4.56. The third kappa shape index (κ3) is 3.77. The highest BCUT2D eigenvalue weighted by Gasteiger charge is 2.20. The first-order valence-corrected chi connectivity index (χ1v) is 8.73. The second kappa shape index (κ2) is 7.50. The summed E-state index contributed by atoms with van der Waals surface area (Å²) in [5.74, 6) is 1.00. The molecule has 122 valence electrons. The monoisotopic (exact) mass is 384 g/mol. The van der Waals surface area contributed by atoms with Crippen molar-refractivity contribution in [3.05, 3.63) is 52.2 Å². The summed E-state index contributed by atoms with van der Waals surface area (Å²) in [4.78, 5) is 14.2. The summed E-state index contributed by atoms with van der Waals surface area (Å²) in [7, 11) is 0. The van der Waals surface area contributed by atoms with Gasteiger partial charge in [0.05, 0.1) is 0 Å². The van der Waals surface area contributed by atoms with Crippen molar-refractivity contribution in [2.45, 2.75) is 19.3 Å². The van der Waals surface area contributed by atoms with Crippen molar-refractivity contribution in [2.75, 3.05) is 13.1 Å². The third-order valence-electron chi connectivity index (χ3n) is 4.04. The van der Waals surface area contributed by atoms with Gasteiger partial charge in [-0.3, -0.25) is 4.79 Å². The molecule has 2 aromatic rings. The molecule has 0 bridgehead atoms. The van der Waals surface area contributed by atoms with Crippen molar-refractivity contribution in [1.29, 1.82) is 5.26 Å². The molecular weight excluding hydrogens is 368 g/mol. The summed E-state index contributed by atoms with van der Waals surface area (Å²) in [5.41, 5.74) is 1.06. The maximum atomic E-state index is 12.4. The Morgan fingerprint density at radius 2 is 1.83 bits per heavy atom. The van der Waals surface area contributed by atoms with E-state index in [4.69, 9.17) is 4.42 Å². The van der Waals surface area contributed by atoms with Gasteiger partial charge in [0.1, 0.15) is 23.2 Å². The van der Waals surface area contributed by atoms with Crippen molar-refractivity contribution in [3.8, 4) is 17.4 Å². The van der Waals surface area contributed by atoms with Crippen LogP contribution in [0, 0.1) is 11.3 Å². The topological polar surface area (TPSA) is 57.2 Å². The second-order valence-corrected chi connectivity index (χ2v) is 6.65. The maximum Gasteiger partial charge on any atom is 0.264 e. The normalized spacial score (nSPS) is 15.2. The van der Waals surface area contributed by atoms with Crippen LogP contribution in [0.5, 0.6) is 0 Å². The molecule has 0 saturated carbocycles. The molecule has 0 aliphatic carbocycles. The fourth-order valence-electron chi connectivity index (χ4n) is 2.75. The molecular formula is C19H17BrN2O2. The first kappa shape index (κ1) is 16.5. The Morgan fingerprint density at radius 1 is 1.12 bits per heavy atom. The van der Waals surface area contributed by atoms with Gasteiger partial charge in [0.15, 0.2) is 0 Å². The van der Waals surface area contributed by atoms with Crippen LogP contribution in [0.2, 0.25) is 0 Å². The van der Waals surface area contributed by atoms with E-state index >= 15 is 0 Å². The molecule has 1 aliphatic heterocycles. The first-order valence-electron chi connectivity index (χ1n) is 7.94. The van der Waals surface area contributed by atoms with Crippen LogP contribution in [-0.2, 0) is 4.79 Å². The molecule has 1 aliphatic rings. The summed E-state index contributed by atoms with van der Waals surface area (Å²) in [6.07, 6.45) is 4.67. The van der Waals surface area contributed by atoms with Crippen LogP contribution < -0.4 is 0 Å². The zero-order valence-electron chi connectivity index (χ0n) is 13.2. The van der Waals surface area contributed by atoms with Crippen LogP contribution in [0.1, 0.15) is 25.0 Å². The van der Waals surface area contributed by atoms with Gasteiger partial charge in [-0.1, -0.05) is 28.1 Å². The van der Waals surface area contributed by atoms with E-state index in [0.29, 0.717) is 11.5 Å². The quantitative estimate of drug-likeness (QED) is 0.572. The number of benzene rings is 1. The van der Waals surface area contributed by atoms with Gasteiger partial charge in [-0.15, -0.1) is 0 Å². The Bertz CT molecular complexity index is 794. The number of amides is 1. The molecule has 0 atom stereocenters. The number of nitriles is 1. The largest absolute Gasteiger partial charge is 0.457 e. The molecule has 3 rings (SSSR count). The van der Waals surface area contributed by atoms with Crippen LogP contribution in [0.15, 0.2) is 50.9 Å². The second-order valence-electron chi connectivity index (χ2n) is 5.73. The van der Waals surface area contributed by atoms with E-state index in [2.05, 4.69) is 15.9 Å². The standard InChI is InChI=1S/C19H17BrN2O2/c20-16-6-4-14(5-7-16)18-9-8-17(24-18)12-15(13-21)19(23)22-10-2-1-3-11-22/h4-9,12H,1-3,10-11H2/b15-12+. The molecule has 24 heavy (non-hydrogen) atoms. The molecule has 1 aromatic heterocycles. The molecule has 2 heterocycles. The number of rotatable bonds is 3. The van der Waals surface area contributed by atoms with Crippen LogP contribution in [0.4, 0.5) is 0 Å². The SMILES string of the molecule is N#C/C(=C\c1ccc(-c2ccc(Br)cc2)o1)C(=O)N1CCCCC1. The lowest BCUT2D eigenvalue weighted by molar-refractivity contribution is -0.127. The lowest BCUT2D eigenvalue weighted by atomic mass is 10.1. The number of hydrogen-bond acceptors (Lipinski definition) is 3. The smallest absolute Gasteiger partial charge is 0.264 e. The Kier molecular flexibility index (Phi) is 5.17. The molecule has 1 fully saturated rings. The Hall–Kier alpha value is -2.32. The average Bonchev–Trinajstić information content (AvgIpc) is 3.09. The van der Waals surface area contributed by atoms with E-state index in [0.717, 1.165) is 42.4 Å². The molecule has 0 unspecified atom stereocenters. The fourth-order valence-corrected chi connectivity index (χ4v) is 3.02. The van der Waals surface area contributed by atoms with Crippen LogP contribution in [0.25, 0.3) is 17.4 Å². The number of halogens is 1. The molecule has 0 spiro atoms. The minimum atomic E-state index is -0.209. The van der Waals surface area contributed by atoms with Crippen LogP contribution >= 0.6 is 15.9 Å². The van der Waals surface area contributed by atoms with Gasteiger partial charge in [-0.25, -0.2) is 0 Å². The van der Waals surface area contributed by atoms with Gasteiger partial charge in [-0.2, -0.15) is 5.26 Å². The zero-order valence-corrected chi connectivity index (χ0v) is 14.8. The van der Waals surface area contributed by atoms with Gasteiger partial charge in [0.2, 0.25) is 0 Å². The summed E-state index contributed by atoms with van der Waals surface area (Å²) >= 11 is 3.40. The number of nitrogens with zero attached hydrogens (tertiary/aromatic N) is 2. The van der Waals surface area contributed by atoms with Gasteiger partial charge in [0, 0.05) is 29.2 Å². The van der Waals surface area contributed by atoms with Crippen molar-refractivity contribution in [1.82, 2.24) is 4.90 Å². The van der Waals surface area contributed by atoms with E-state index in [1.807, 2.05) is 36.4 Å². The minimum absolute atomic E-state index is 0.119. The summed E-state index contributed by atoms with van der Waals surface area (Å²) in [6.45, 7) is 1.44. The fraction of sp³-hybridized carbons (Fsp3) is 0.263. The molecule has 1 aromatic carbocycles. The Labute approximate surface area is 149 Å². The predicted molar refractivity (Wildman–Crippen MR) is 95.9 cm³/mol. The van der Waals surface area contributed by atoms with Crippen LogP contribution in [-0.4, -0.2) is 23.9 Å². The molecule has 0 radical (unpaired) electrons.